The minimum atomic E-state index is 0.571. The van der Waals surface area contributed by atoms with Gasteiger partial charge in [-0.2, -0.15) is 0 Å². The Kier molecular flexibility index (Phi) is 7.17. The maximum Gasteiger partial charge on any atom is 0.193 e. The van der Waals surface area contributed by atoms with Gasteiger partial charge in [0.25, 0.3) is 0 Å². The zero-order chi connectivity index (χ0) is 17.5. The van der Waals surface area contributed by atoms with Crippen molar-refractivity contribution in [2.24, 2.45) is 10.9 Å². The summed E-state index contributed by atoms with van der Waals surface area (Å²) in [5, 5.41) is 3.43. The van der Waals surface area contributed by atoms with E-state index in [1.165, 1.54) is 0 Å². The molecule has 0 aliphatic carbocycles. The first kappa shape index (κ1) is 18.9. The summed E-state index contributed by atoms with van der Waals surface area (Å²) in [6.07, 6.45) is 1.13. The lowest BCUT2D eigenvalue weighted by Gasteiger charge is -2.22. The van der Waals surface area contributed by atoms with Crippen LogP contribution in [-0.2, 0) is 11.3 Å². The highest BCUT2D eigenvalue weighted by Gasteiger charge is 2.24. The Labute approximate surface area is 152 Å². The molecule has 1 aromatic rings. The van der Waals surface area contributed by atoms with E-state index >= 15 is 0 Å². The van der Waals surface area contributed by atoms with Crippen LogP contribution in [0.1, 0.15) is 12.0 Å². The van der Waals surface area contributed by atoms with Crippen molar-refractivity contribution in [1.82, 2.24) is 10.2 Å². The largest absolute Gasteiger partial charge is 0.493 e. The van der Waals surface area contributed by atoms with Gasteiger partial charge < -0.3 is 24.4 Å². The molecule has 0 amide bonds. The summed E-state index contributed by atoms with van der Waals surface area (Å²) in [6, 6.07) is 3.89. The Morgan fingerprint density at radius 3 is 2.62 bits per heavy atom. The number of aliphatic imine (C=N–C) groups is 1. The third kappa shape index (κ3) is 4.54. The van der Waals surface area contributed by atoms with Gasteiger partial charge in [0.15, 0.2) is 17.5 Å². The summed E-state index contributed by atoms with van der Waals surface area (Å²) < 4.78 is 16.9. The highest BCUT2D eigenvalue weighted by Crippen LogP contribution is 2.33. The number of hydrogen-bond acceptors (Lipinski definition) is 4. The Morgan fingerprint density at radius 2 is 2.00 bits per heavy atom. The summed E-state index contributed by atoms with van der Waals surface area (Å²) in [4.78, 5) is 6.68. The molecular weight excluding hydrogens is 374 g/mol. The number of methoxy groups -OCH3 is 3. The lowest BCUT2D eigenvalue weighted by molar-refractivity contribution is 0.157. The van der Waals surface area contributed by atoms with Crippen molar-refractivity contribution in [3.05, 3.63) is 22.2 Å². The highest BCUT2D eigenvalue weighted by atomic mass is 79.9. The molecule has 1 atom stereocenters. The molecule has 0 bridgehead atoms. The second-order valence-corrected chi connectivity index (χ2v) is 6.61. The van der Waals surface area contributed by atoms with E-state index in [1.54, 1.807) is 21.3 Å². The van der Waals surface area contributed by atoms with Crippen LogP contribution < -0.4 is 14.8 Å². The number of benzene rings is 1. The van der Waals surface area contributed by atoms with Gasteiger partial charge in [0.2, 0.25) is 0 Å². The molecule has 6 nitrogen and oxygen atoms in total. The van der Waals surface area contributed by atoms with Gasteiger partial charge in [-0.15, -0.1) is 0 Å². The molecule has 1 aliphatic heterocycles. The van der Waals surface area contributed by atoms with Crippen molar-refractivity contribution in [3.8, 4) is 11.5 Å². The molecule has 1 fully saturated rings. The fraction of sp³-hybridized carbons (Fsp3) is 0.588. The maximum atomic E-state index is 5.38. The van der Waals surface area contributed by atoms with E-state index in [4.69, 9.17) is 14.2 Å². The third-order valence-electron chi connectivity index (χ3n) is 4.19. The van der Waals surface area contributed by atoms with E-state index in [0.29, 0.717) is 24.0 Å². The standard InChI is InChI=1S/C17H26BrN3O3/c1-19-17(21-6-5-12(10-21)11-22-2)20-9-13-7-15(23-3)16(24-4)8-14(13)18/h7-8,12H,5-6,9-11H2,1-4H3,(H,19,20). The average Bonchev–Trinajstić information content (AvgIpc) is 3.05. The van der Waals surface area contributed by atoms with E-state index in [1.807, 2.05) is 19.2 Å². The quantitative estimate of drug-likeness (QED) is 0.588. The number of halogens is 1. The number of likely N-dealkylation sites (tertiary alicyclic amines) is 1. The molecule has 2 rings (SSSR count). The predicted molar refractivity (Wildman–Crippen MR) is 99.0 cm³/mol. The number of hydrogen-bond donors (Lipinski definition) is 1. The molecule has 1 aliphatic rings. The van der Waals surface area contributed by atoms with Crippen LogP contribution in [0.2, 0.25) is 0 Å². The molecule has 1 saturated heterocycles. The first-order chi connectivity index (χ1) is 11.6. The van der Waals surface area contributed by atoms with Crippen molar-refractivity contribution in [1.29, 1.82) is 0 Å². The number of guanidine groups is 1. The second-order valence-electron chi connectivity index (χ2n) is 5.76. The highest BCUT2D eigenvalue weighted by molar-refractivity contribution is 9.10. The molecule has 1 N–H and O–H groups in total. The van der Waals surface area contributed by atoms with Crippen LogP contribution in [0, 0.1) is 5.92 Å². The number of nitrogens with one attached hydrogen (secondary N) is 1. The minimum Gasteiger partial charge on any atom is -0.493 e. The monoisotopic (exact) mass is 399 g/mol. The van der Waals surface area contributed by atoms with Gasteiger partial charge in [0.1, 0.15) is 0 Å². The second kappa shape index (κ2) is 9.13. The fourth-order valence-corrected chi connectivity index (χ4v) is 3.40. The minimum absolute atomic E-state index is 0.571. The summed E-state index contributed by atoms with van der Waals surface area (Å²) >= 11 is 3.59. The first-order valence-corrected chi connectivity index (χ1v) is 8.77. The molecule has 0 aromatic heterocycles. The van der Waals surface area contributed by atoms with Crippen LogP contribution in [0.3, 0.4) is 0 Å². The van der Waals surface area contributed by atoms with Gasteiger partial charge in [-0.1, -0.05) is 15.9 Å². The number of rotatable bonds is 6. The molecule has 1 aromatic carbocycles. The van der Waals surface area contributed by atoms with Crippen LogP contribution in [0.5, 0.6) is 11.5 Å². The van der Waals surface area contributed by atoms with E-state index in [0.717, 1.165) is 42.1 Å². The van der Waals surface area contributed by atoms with Crippen LogP contribution >= 0.6 is 15.9 Å². The lowest BCUT2D eigenvalue weighted by Crippen LogP contribution is -2.39. The molecule has 1 heterocycles. The normalized spacial score (nSPS) is 18.0. The van der Waals surface area contributed by atoms with Gasteiger partial charge >= 0.3 is 0 Å². The van der Waals surface area contributed by atoms with Gasteiger partial charge in [-0.25, -0.2) is 0 Å². The first-order valence-electron chi connectivity index (χ1n) is 7.97. The van der Waals surface area contributed by atoms with Crippen LogP contribution in [0.25, 0.3) is 0 Å². The van der Waals surface area contributed by atoms with E-state index < -0.39 is 0 Å². The Morgan fingerprint density at radius 1 is 1.29 bits per heavy atom. The van der Waals surface area contributed by atoms with E-state index in [9.17, 15) is 0 Å². The number of nitrogens with zero attached hydrogens (tertiary/aromatic N) is 2. The predicted octanol–water partition coefficient (Wildman–Crippen LogP) is 2.51. The zero-order valence-electron chi connectivity index (χ0n) is 14.8. The van der Waals surface area contributed by atoms with Gasteiger partial charge in [-0.3, -0.25) is 4.99 Å². The SMILES string of the molecule is CN=C(NCc1cc(OC)c(OC)cc1Br)N1CCC(COC)C1. The van der Waals surface area contributed by atoms with Crippen molar-refractivity contribution in [3.63, 3.8) is 0 Å². The average molecular weight is 400 g/mol. The molecule has 0 spiro atoms. The summed E-state index contributed by atoms with van der Waals surface area (Å²) in [6.45, 7) is 3.43. The summed E-state index contributed by atoms with van der Waals surface area (Å²) in [5.74, 6) is 2.91. The van der Waals surface area contributed by atoms with Crippen LogP contribution in [0.15, 0.2) is 21.6 Å². The summed E-state index contributed by atoms with van der Waals surface area (Å²) in [5.41, 5.74) is 1.08. The Bertz CT molecular complexity index is 580. The van der Waals surface area contributed by atoms with Gasteiger partial charge in [0, 0.05) is 44.2 Å². The summed E-state index contributed by atoms with van der Waals surface area (Å²) in [7, 11) is 6.84. The van der Waals surface area contributed by atoms with Crippen LogP contribution in [0.4, 0.5) is 0 Å². The number of ether oxygens (including phenoxy) is 3. The maximum absolute atomic E-state index is 5.38. The van der Waals surface area contributed by atoms with Crippen molar-refractivity contribution in [2.75, 3.05) is 48.1 Å². The van der Waals surface area contributed by atoms with Crippen LogP contribution in [-0.4, -0.2) is 58.9 Å². The zero-order valence-corrected chi connectivity index (χ0v) is 16.4. The van der Waals surface area contributed by atoms with E-state index in [2.05, 4.69) is 31.1 Å². The Balaban J connectivity index is 2.01. The lowest BCUT2D eigenvalue weighted by atomic mass is 10.1. The molecule has 0 radical (unpaired) electrons. The molecule has 134 valence electrons. The molecule has 1 unspecified atom stereocenters. The topological polar surface area (TPSA) is 55.3 Å². The van der Waals surface area contributed by atoms with Gasteiger partial charge in [-0.05, 0) is 24.1 Å². The fourth-order valence-electron chi connectivity index (χ4n) is 2.94. The Hall–Kier alpha value is -1.47. The molecule has 0 saturated carbocycles. The van der Waals surface area contributed by atoms with Gasteiger partial charge in [0.05, 0.1) is 20.8 Å². The molecule has 24 heavy (non-hydrogen) atoms. The molecular formula is C17H26BrN3O3. The smallest absolute Gasteiger partial charge is 0.193 e. The molecule has 7 heteroatoms. The van der Waals surface area contributed by atoms with Crippen molar-refractivity contribution < 1.29 is 14.2 Å². The third-order valence-corrected chi connectivity index (χ3v) is 4.93. The van der Waals surface area contributed by atoms with E-state index in [-0.39, 0.29) is 0 Å². The van der Waals surface area contributed by atoms with Crippen molar-refractivity contribution in [2.45, 2.75) is 13.0 Å². The van der Waals surface area contributed by atoms with Crippen molar-refractivity contribution >= 4 is 21.9 Å².